The molecule has 6 nitrogen and oxygen atoms in total. The molecule has 0 fully saturated rings. The maximum absolute atomic E-state index is 12.9. The lowest BCUT2D eigenvalue weighted by Gasteiger charge is -2.16. The molecule has 9 rings (SSSR count). The van der Waals surface area contributed by atoms with Gasteiger partial charge in [-0.25, -0.2) is 15.0 Å². The number of fused-ring (bicyclic) bond motifs is 4. The van der Waals surface area contributed by atoms with Gasteiger partial charge in [0.15, 0.2) is 23.8 Å². The van der Waals surface area contributed by atoms with Crippen molar-refractivity contribution >= 4 is 38.9 Å². The maximum Gasteiger partial charge on any atom is 0.164 e. The molecule has 3 heterocycles. The van der Waals surface area contributed by atoms with E-state index in [1.165, 1.54) is 0 Å². The lowest BCUT2D eigenvalue weighted by atomic mass is 9.98. The van der Waals surface area contributed by atoms with Crippen molar-refractivity contribution in [2.45, 2.75) is 0 Å². The van der Waals surface area contributed by atoms with Gasteiger partial charge in [0.25, 0.3) is 0 Å². The van der Waals surface area contributed by atoms with Gasteiger partial charge < -0.3 is 4.57 Å². The number of nitrogens with zero attached hydrogens (tertiary/aromatic N) is 5. The minimum absolute atomic E-state index is 0.566. The van der Waals surface area contributed by atoms with Crippen LogP contribution in [0.3, 0.4) is 0 Å². The summed E-state index contributed by atoms with van der Waals surface area (Å²) in [7, 11) is 0. The van der Waals surface area contributed by atoms with E-state index in [2.05, 4.69) is 45.9 Å². The number of aldehydes is 1. The third kappa shape index (κ3) is 4.86. The van der Waals surface area contributed by atoms with Crippen LogP contribution in [0, 0.1) is 0 Å². The Morgan fingerprint density at radius 2 is 1.12 bits per heavy atom. The quantitative estimate of drug-likeness (QED) is 0.171. The first-order valence-electron chi connectivity index (χ1n) is 16.1. The second-order valence-corrected chi connectivity index (χ2v) is 11.9. The summed E-state index contributed by atoms with van der Waals surface area (Å²) in [6, 6.07) is 48.7. The van der Waals surface area contributed by atoms with E-state index in [-0.39, 0.29) is 0 Å². The average Bonchev–Trinajstić information content (AvgIpc) is 3.52. The molecular formula is C43H27N5O. The molecule has 0 unspecified atom stereocenters. The van der Waals surface area contributed by atoms with Crippen LogP contribution in [-0.4, -0.2) is 30.8 Å². The fourth-order valence-corrected chi connectivity index (χ4v) is 6.76. The molecule has 0 aliphatic heterocycles. The van der Waals surface area contributed by atoms with Gasteiger partial charge in [0.05, 0.1) is 16.7 Å². The lowest BCUT2D eigenvalue weighted by Crippen LogP contribution is -2.02. The number of para-hydroxylation sites is 1. The summed E-state index contributed by atoms with van der Waals surface area (Å²) in [4.78, 5) is 32.4. The molecule has 6 heteroatoms. The predicted octanol–water partition coefficient (Wildman–Crippen LogP) is 10.00. The van der Waals surface area contributed by atoms with Crippen LogP contribution in [0.4, 0.5) is 0 Å². The van der Waals surface area contributed by atoms with Crippen LogP contribution < -0.4 is 0 Å². The molecule has 0 N–H and O–H groups in total. The molecule has 6 aromatic carbocycles. The van der Waals surface area contributed by atoms with Crippen LogP contribution in [0.15, 0.2) is 158 Å². The van der Waals surface area contributed by atoms with Gasteiger partial charge in [-0.1, -0.05) is 115 Å². The van der Waals surface area contributed by atoms with Gasteiger partial charge in [-0.05, 0) is 41.1 Å². The van der Waals surface area contributed by atoms with E-state index >= 15 is 0 Å². The Kier molecular flexibility index (Phi) is 6.84. The number of benzene rings is 6. The summed E-state index contributed by atoms with van der Waals surface area (Å²) >= 11 is 0. The van der Waals surface area contributed by atoms with E-state index in [1.54, 1.807) is 6.20 Å². The first-order chi connectivity index (χ1) is 24.3. The summed E-state index contributed by atoms with van der Waals surface area (Å²) in [6.45, 7) is 0. The molecule has 0 saturated heterocycles. The first kappa shape index (κ1) is 28.4. The SMILES string of the molecule is O=Cc1c(-n2c3ccccc3c3cc(-c4nc(-c5ccccc5)nc(-c5ccccc5)n4)cc(-c4cccnc4)c32)ccc2ccccc12. The molecular weight excluding hydrogens is 603 g/mol. The third-order valence-electron chi connectivity index (χ3n) is 9.01. The lowest BCUT2D eigenvalue weighted by molar-refractivity contribution is 0.112. The molecule has 0 amide bonds. The fourth-order valence-electron chi connectivity index (χ4n) is 6.76. The van der Waals surface area contributed by atoms with Crippen LogP contribution >= 0.6 is 0 Å². The van der Waals surface area contributed by atoms with Gasteiger partial charge in [-0.3, -0.25) is 9.78 Å². The predicted molar refractivity (Wildman–Crippen MR) is 197 cm³/mol. The Bertz CT molecular complexity index is 2610. The molecule has 0 aliphatic carbocycles. The van der Waals surface area contributed by atoms with Crippen molar-refractivity contribution in [2.75, 3.05) is 0 Å². The number of rotatable bonds is 6. The Balaban J connectivity index is 1.39. The normalized spacial score (nSPS) is 11.3. The van der Waals surface area contributed by atoms with Crippen molar-refractivity contribution in [3.05, 3.63) is 164 Å². The highest BCUT2D eigenvalue weighted by atomic mass is 16.1. The Morgan fingerprint density at radius 3 is 1.80 bits per heavy atom. The molecule has 3 aromatic heterocycles. The van der Waals surface area contributed by atoms with Crippen LogP contribution in [0.1, 0.15) is 10.4 Å². The number of pyridine rings is 1. The number of hydrogen-bond donors (Lipinski definition) is 0. The van der Waals surface area contributed by atoms with Crippen molar-refractivity contribution < 1.29 is 4.79 Å². The standard InChI is InChI=1S/C43H27N5O/c49-27-37-33-18-8-7-12-28(33)21-22-39(37)48-38-20-10-9-19-34(38)36-25-32(24-35(40(36)48)31-17-11-23-44-26-31)43-46-41(29-13-3-1-4-14-29)45-42(47-43)30-15-5-2-6-16-30/h1-27H. The van der Waals surface area contributed by atoms with Gasteiger partial charge in [0.1, 0.15) is 0 Å². The molecule has 0 radical (unpaired) electrons. The van der Waals surface area contributed by atoms with Gasteiger partial charge in [-0.2, -0.15) is 0 Å². The van der Waals surface area contributed by atoms with Crippen molar-refractivity contribution in [3.63, 3.8) is 0 Å². The summed E-state index contributed by atoms with van der Waals surface area (Å²) in [6.07, 6.45) is 4.62. The van der Waals surface area contributed by atoms with E-state index in [0.29, 0.717) is 23.0 Å². The van der Waals surface area contributed by atoms with E-state index in [4.69, 9.17) is 15.0 Å². The number of carbonyl (C=O) groups excluding carboxylic acids is 1. The van der Waals surface area contributed by atoms with Gasteiger partial charge in [0, 0.05) is 56.5 Å². The molecule has 0 spiro atoms. The molecule has 49 heavy (non-hydrogen) atoms. The smallest absolute Gasteiger partial charge is 0.164 e. The summed E-state index contributed by atoms with van der Waals surface area (Å²) in [5, 5.41) is 3.99. The zero-order chi connectivity index (χ0) is 32.7. The van der Waals surface area contributed by atoms with Crippen LogP contribution in [0.2, 0.25) is 0 Å². The largest absolute Gasteiger partial charge is 0.308 e. The minimum atomic E-state index is 0.566. The van der Waals surface area contributed by atoms with E-state index in [1.807, 2.05) is 115 Å². The number of aromatic nitrogens is 5. The summed E-state index contributed by atoms with van der Waals surface area (Å²) < 4.78 is 2.21. The molecule has 0 atom stereocenters. The molecule has 230 valence electrons. The average molecular weight is 630 g/mol. The molecule has 0 bridgehead atoms. The zero-order valence-electron chi connectivity index (χ0n) is 26.2. The highest BCUT2D eigenvalue weighted by molar-refractivity contribution is 6.16. The van der Waals surface area contributed by atoms with Crippen LogP contribution in [0.5, 0.6) is 0 Å². The third-order valence-corrected chi connectivity index (χ3v) is 9.01. The van der Waals surface area contributed by atoms with Gasteiger partial charge >= 0.3 is 0 Å². The Hall–Kier alpha value is -6.79. The Labute approximate surface area is 282 Å². The van der Waals surface area contributed by atoms with E-state index in [9.17, 15) is 4.79 Å². The number of hydrogen-bond acceptors (Lipinski definition) is 5. The first-order valence-corrected chi connectivity index (χ1v) is 16.1. The highest BCUT2D eigenvalue weighted by Gasteiger charge is 2.22. The van der Waals surface area contributed by atoms with E-state index in [0.717, 1.165) is 72.4 Å². The fraction of sp³-hybridized carbons (Fsp3) is 0. The van der Waals surface area contributed by atoms with E-state index < -0.39 is 0 Å². The second-order valence-electron chi connectivity index (χ2n) is 11.9. The van der Waals surface area contributed by atoms with Crippen molar-refractivity contribution in [1.82, 2.24) is 24.5 Å². The molecule has 0 aliphatic rings. The maximum atomic E-state index is 12.9. The second kappa shape index (κ2) is 11.8. The van der Waals surface area contributed by atoms with Crippen LogP contribution in [0.25, 0.3) is 83.6 Å². The van der Waals surface area contributed by atoms with Gasteiger partial charge in [-0.15, -0.1) is 0 Å². The number of carbonyl (C=O) groups is 1. The van der Waals surface area contributed by atoms with Crippen molar-refractivity contribution in [2.24, 2.45) is 0 Å². The topological polar surface area (TPSA) is 73.6 Å². The summed E-state index contributed by atoms with van der Waals surface area (Å²) in [5.41, 5.74) is 7.96. The molecule has 0 saturated carbocycles. The van der Waals surface area contributed by atoms with Gasteiger partial charge in [0.2, 0.25) is 0 Å². The molecule has 9 aromatic rings. The summed E-state index contributed by atoms with van der Waals surface area (Å²) in [5.74, 6) is 1.76. The minimum Gasteiger partial charge on any atom is -0.308 e. The Morgan fingerprint density at radius 1 is 0.510 bits per heavy atom. The highest BCUT2D eigenvalue weighted by Crippen LogP contribution is 2.42. The zero-order valence-corrected chi connectivity index (χ0v) is 26.2. The van der Waals surface area contributed by atoms with Crippen LogP contribution in [-0.2, 0) is 0 Å². The van der Waals surface area contributed by atoms with Crippen molar-refractivity contribution in [3.8, 4) is 51.0 Å². The monoisotopic (exact) mass is 629 g/mol. The van der Waals surface area contributed by atoms with Crippen molar-refractivity contribution in [1.29, 1.82) is 0 Å².